The number of carboxylic acid groups (broad SMARTS) is 1. The van der Waals surface area contributed by atoms with Gasteiger partial charge in [-0.3, -0.25) is 9.59 Å². The average molecular weight is 243 g/mol. The number of hydrogen-bond acceptors (Lipinski definition) is 3. The highest BCUT2D eigenvalue weighted by Crippen LogP contribution is 2.46. The minimum Gasteiger partial charge on any atom is -0.480 e. The molecule has 0 heterocycles. The van der Waals surface area contributed by atoms with Crippen molar-refractivity contribution in [3.63, 3.8) is 0 Å². The van der Waals surface area contributed by atoms with Gasteiger partial charge in [0.2, 0.25) is 5.91 Å². The Kier molecular flexibility index (Phi) is 3.15. The first-order valence-corrected chi connectivity index (χ1v) is 6.94. The van der Waals surface area contributed by atoms with Gasteiger partial charge in [-0.2, -0.15) is 11.8 Å². The van der Waals surface area contributed by atoms with E-state index in [1.807, 2.05) is 11.8 Å². The normalized spacial score (nSPS) is 31.1. The predicted molar refractivity (Wildman–Crippen MR) is 62.4 cm³/mol. The molecule has 2 aliphatic carbocycles. The smallest absolute Gasteiger partial charge is 0.319 e. The summed E-state index contributed by atoms with van der Waals surface area (Å²) in [4.78, 5) is 22.8. The van der Waals surface area contributed by atoms with Crippen molar-refractivity contribution < 1.29 is 14.7 Å². The van der Waals surface area contributed by atoms with Crippen molar-refractivity contribution >= 4 is 23.6 Å². The van der Waals surface area contributed by atoms with Crippen LogP contribution in [0.4, 0.5) is 0 Å². The number of carbonyl (C=O) groups excluding carboxylic acids is 1. The van der Waals surface area contributed by atoms with Crippen LogP contribution in [0.1, 0.15) is 32.1 Å². The van der Waals surface area contributed by atoms with Crippen LogP contribution in [0.5, 0.6) is 0 Å². The van der Waals surface area contributed by atoms with Crippen molar-refractivity contribution in [2.75, 3.05) is 6.26 Å². The Morgan fingerprint density at radius 3 is 2.50 bits per heavy atom. The number of aliphatic carboxylic acids is 1. The monoisotopic (exact) mass is 243 g/mol. The summed E-state index contributed by atoms with van der Waals surface area (Å²) in [5.74, 6) is -1.24. The summed E-state index contributed by atoms with van der Waals surface area (Å²) in [6, 6.07) is 0.182. The van der Waals surface area contributed by atoms with Crippen molar-refractivity contribution in [1.29, 1.82) is 0 Å². The molecule has 90 valence electrons. The molecule has 2 unspecified atom stereocenters. The summed E-state index contributed by atoms with van der Waals surface area (Å²) < 4.78 is 0. The Morgan fingerprint density at radius 2 is 2.06 bits per heavy atom. The molecule has 2 atom stereocenters. The van der Waals surface area contributed by atoms with Gasteiger partial charge in [0.1, 0.15) is 5.41 Å². The van der Waals surface area contributed by atoms with E-state index in [2.05, 4.69) is 11.6 Å². The van der Waals surface area contributed by atoms with E-state index in [4.69, 9.17) is 5.11 Å². The molecule has 2 N–H and O–H groups in total. The summed E-state index contributed by atoms with van der Waals surface area (Å²) >= 11 is 1.83. The molecular formula is C11H17NO3S. The highest BCUT2D eigenvalue weighted by atomic mass is 32.2. The second-order valence-corrected chi connectivity index (χ2v) is 5.87. The Hall–Kier alpha value is -0.710. The minimum atomic E-state index is -1.09. The number of thioether (sulfide) groups is 1. The predicted octanol–water partition coefficient (Wildman–Crippen LogP) is 1.25. The molecule has 0 radical (unpaired) electrons. The molecule has 5 heteroatoms. The number of hydrogen-bond donors (Lipinski definition) is 2. The molecule has 0 aromatic heterocycles. The van der Waals surface area contributed by atoms with E-state index in [9.17, 15) is 9.59 Å². The van der Waals surface area contributed by atoms with Crippen LogP contribution in [0, 0.1) is 5.41 Å². The fraction of sp³-hybridized carbons (Fsp3) is 0.818. The fourth-order valence-corrected chi connectivity index (χ4v) is 3.07. The second kappa shape index (κ2) is 4.28. The summed E-state index contributed by atoms with van der Waals surface area (Å²) in [7, 11) is 0. The SMILES string of the molecule is CSC1CCC(NC(=O)C2(C(=O)O)CC2)C1. The van der Waals surface area contributed by atoms with Gasteiger partial charge >= 0.3 is 5.97 Å². The van der Waals surface area contributed by atoms with E-state index in [0.717, 1.165) is 19.3 Å². The molecule has 0 aliphatic heterocycles. The first-order valence-electron chi connectivity index (χ1n) is 5.65. The zero-order valence-electron chi connectivity index (χ0n) is 9.36. The average Bonchev–Trinajstić information content (AvgIpc) is 2.95. The third kappa shape index (κ3) is 2.05. The van der Waals surface area contributed by atoms with Gasteiger partial charge in [0, 0.05) is 11.3 Å². The molecule has 0 bridgehead atoms. The van der Waals surface area contributed by atoms with Crippen LogP contribution in [0.25, 0.3) is 0 Å². The number of carboxylic acids is 1. The van der Waals surface area contributed by atoms with E-state index in [0.29, 0.717) is 18.1 Å². The van der Waals surface area contributed by atoms with Gasteiger partial charge in [0.15, 0.2) is 0 Å². The maximum atomic E-state index is 11.8. The molecule has 0 spiro atoms. The van der Waals surface area contributed by atoms with Crippen molar-refractivity contribution in [3.05, 3.63) is 0 Å². The van der Waals surface area contributed by atoms with Crippen LogP contribution >= 0.6 is 11.8 Å². The maximum absolute atomic E-state index is 11.8. The number of rotatable bonds is 4. The van der Waals surface area contributed by atoms with E-state index in [1.165, 1.54) is 0 Å². The lowest BCUT2D eigenvalue weighted by Crippen LogP contribution is -2.41. The van der Waals surface area contributed by atoms with Crippen molar-refractivity contribution in [2.24, 2.45) is 5.41 Å². The highest BCUT2D eigenvalue weighted by Gasteiger charge is 2.57. The van der Waals surface area contributed by atoms with Crippen LogP contribution in [0.15, 0.2) is 0 Å². The second-order valence-electron chi connectivity index (χ2n) is 4.73. The molecule has 2 fully saturated rings. The Bertz CT molecular complexity index is 314. The summed E-state index contributed by atoms with van der Waals surface area (Å²) in [6.45, 7) is 0. The molecule has 0 saturated heterocycles. The van der Waals surface area contributed by atoms with Gasteiger partial charge < -0.3 is 10.4 Å². The lowest BCUT2D eigenvalue weighted by molar-refractivity contribution is -0.149. The lowest BCUT2D eigenvalue weighted by Gasteiger charge is -2.16. The van der Waals surface area contributed by atoms with Gasteiger partial charge in [0.05, 0.1) is 0 Å². The van der Waals surface area contributed by atoms with Gasteiger partial charge in [0.25, 0.3) is 0 Å². The molecular weight excluding hydrogens is 226 g/mol. The standard InChI is InChI=1S/C11H17NO3S/c1-16-8-3-2-7(6-8)12-9(13)11(4-5-11)10(14)15/h7-8H,2-6H2,1H3,(H,12,13)(H,14,15). The zero-order valence-corrected chi connectivity index (χ0v) is 10.2. The molecule has 2 aliphatic rings. The van der Waals surface area contributed by atoms with E-state index in [1.54, 1.807) is 0 Å². The van der Waals surface area contributed by atoms with Gasteiger partial charge in [-0.25, -0.2) is 0 Å². The number of carbonyl (C=O) groups is 2. The van der Waals surface area contributed by atoms with E-state index >= 15 is 0 Å². The van der Waals surface area contributed by atoms with Crippen molar-refractivity contribution in [1.82, 2.24) is 5.32 Å². The Balaban J connectivity index is 1.87. The van der Waals surface area contributed by atoms with Crippen molar-refractivity contribution in [3.8, 4) is 0 Å². The van der Waals surface area contributed by atoms with Crippen LogP contribution in [-0.4, -0.2) is 34.5 Å². The first kappa shape index (κ1) is 11.8. The summed E-state index contributed by atoms with van der Waals surface area (Å²) in [5, 5.41) is 12.5. The third-order valence-corrected chi connectivity index (χ3v) is 4.74. The number of nitrogens with one attached hydrogen (secondary N) is 1. The molecule has 16 heavy (non-hydrogen) atoms. The summed E-state index contributed by atoms with van der Waals surface area (Å²) in [6.07, 6.45) is 6.13. The lowest BCUT2D eigenvalue weighted by atomic mass is 10.1. The quantitative estimate of drug-likeness (QED) is 0.729. The van der Waals surface area contributed by atoms with Crippen molar-refractivity contribution in [2.45, 2.75) is 43.4 Å². The zero-order chi connectivity index (χ0) is 11.8. The first-order chi connectivity index (χ1) is 7.58. The fourth-order valence-electron chi connectivity index (χ4n) is 2.27. The largest absolute Gasteiger partial charge is 0.480 e. The van der Waals surface area contributed by atoms with Crippen LogP contribution in [0.2, 0.25) is 0 Å². The van der Waals surface area contributed by atoms with Crippen LogP contribution in [-0.2, 0) is 9.59 Å². The topological polar surface area (TPSA) is 66.4 Å². The minimum absolute atomic E-state index is 0.182. The molecule has 0 aromatic rings. The van der Waals surface area contributed by atoms with E-state index < -0.39 is 11.4 Å². The van der Waals surface area contributed by atoms with Gasteiger partial charge in [-0.1, -0.05) is 0 Å². The maximum Gasteiger partial charge on any atom is 0.319 e. The van der Waals surface area contributed by atoms with Gasteiger partial charge in [-0.05, 0) is 38.4 Å². The van der Waals surface area contributed by atoms with E-state index in [-0.39, 0.29) is 11.9 Å². The highest BCUT2D eigenvalue weighted by molar-refractivity contribution is 7.99. The molecule has 1 amide bonds. The third-order valence-electron chi connectivity index (χ3n) is 3.65. The van der Waals surface area contributed by atoms with Gasteiger partial charge in [-0.15, -0.1) is 0 Å². The Labute approximate surface area is 99.2 Å². The van der Waals surface area contributed by atoms with Crippen LogP contribution in [0.3, 0.4) is 0 Å². The molecule has 2 rings (SSSR count). The van der Waals surface area contributed by atoms with Crippen LogP contribution < -0.4 is 5.32 Å². The Morgan fingerprint density at radius 1 is 1.38 bits per heavy atom. The number of amides is 1. The summed E-state index contributed by atoms with van der Waals surface area (Å²) in [5.41, 5.74) is -1.09. The molecule has 0 aromatic carbocycles. The molecule has 4 nitrogen and oxygen atoms in total. The molecule has 2 saturated carbocycles.